The molecule has 0 amide bonds. The third kappa shape index (κ3) is 4.49. The fourth-order valence-electron chi connectivity index (χ4n) is 6.58. The molecule has 0 radical (unpaired) electrons. The Balaban J connectivity index is 1.17. The first kappa shape index (κ1) is 26.2. The van der Waals surface area contributed by atoms with Gasteiger partial charge in [0, 0.05) is 34.4 Å². The monoisotopic (exact) mass is 588 g/mol. The summed E-state index contributed by atoms with van der Waals surface area (Å²) in [6.07, 6.45) is 1.95. The van der Waals surface area contributed by atoms with Crippen molar-refractivity contribution in [1.82, 2.24) is 4.98 Å². The van der Waals surface area contributed by atoms with E-state index in [0.29, 0.717) is 0 Å². The van der Waals surface area contributed by atoms with Gasteiger partial charge in [0.15, 0.2) is 0 Å². The molecule has 7 aromatic carbocycles. The van der Waals surface area contributed by atoms with E-state index in [4.69, 9.17) is 9.40 Å². The van der Waals surface area contributed by atoms with Crippen LogP contribution in [0, 0.1) is 0 Å². The van der Waals surface area contributed by atoms with Crippen molar-refractivity contribution in [3.05, 3.63) is 170 Å². The first-order valence-corrected chi connectivity index (χ1v) is 15.5. The highest BCUT2D eigenvalue weighted by Gasteiger charge is 2.18. The van der Waals surface area contributed by atoms with E-state index in [1.54, 1.807) is 0 Å². The topological polar surface area (TPSA) is 29.3 Å². The van der Waals surface area contributed by atoms with E-state index < -0.39 is 0 Å². The lowest BCUT2D eigenvalue weighted by atomic mass is 9.98. The van der Waals surface area contributed by atoms with Gasteiger partial charge in [0.25, 0.3) is 0 Å². The van der Waals surface area contributed by atoms with Crippen LogP contribution in [0.1, 0.15) is 0 Å². The molecule has 0 N–H and O–H groups in total. The number of benzene rings is 7. The van der Waals surface area contributed by atoms with E-state index >= 15 is 0 Å². The quantitative estimate of drug-likeness (QED) is 0.200. The number of hydrogen-bond acceptors (Lipinski definition) is 3. The average Bonchev–Trinajstić information content (AvgIpc) is 3.48. The van der Waals surface area contributed by atoms with Gasteiger partial charge in [-0.1, -0.05) is 121 Å². The summed E-state index contributed by atoms with van der Waals surface area (Å²) in [7, 11) is 0. The Labute approximate surface area is 266 Å². The van der Waals surface area contributed by atoms with Crippen molar-refractivity contribution in [2.45, 2.75) is 0 Å². The smallest absolute Gasteiger partial charge is 0.141 e. The molecule has 0 aliphatic heterocycles. The molecular formula is C43H28N2O. The maximum atomic E-state index is 6.45. The summed E-state index contributed by atoms with van der Waals surface area (Å²) in [6, 6.07) is 57.7. The zero-order valence-electron chi connectivity index (χ0n) is 25.0. The SMILES string of the molecule is c1ccc(-c2ccc(N(c3ccc(-c4cccc5ccccc45)cc3)c3cc4oc5cc6ccccc6cc5c4cn3)cc2)cc1. The second kappa shape index (κ2) is 10.8. The van der Waals surface area contributed by atoms with Crippen LogP contribution in [-0.2, 0) is 0 Å². The number of furan rings is 1. The van der Waals surface area contributed by atoms with Crippen LogP contribution < -0.4 is 4.90 Å². The predicted octanol–water partition coefficient (Wildman–Crippen LogP) is 12.1. The van der Waals surface area contributed by atoms with Gasteiger partial charge >= 0.3 is 0 Å². The maximum Gasteiger partial charge on any atom is 0.141 e. The second-order valence-electron chi connectivity index (χ2n) is 11.7. The number of rotatable bonds is 5. The number of pyridine rings is 1. The Morgan fingerprint density at radius 3 is 1.76 bits per heavy atom. The minimum atomic E-state index is 0.793. The van der Waals surface area contributed by atoms with Gasteiger partial charge in [-0.3, -0.25) is 4.90 Å². The molecule has 9 rings (SSSR count). The molecule has 46 heavy (non-hydrogen) atoms. The molecule has 0 spiro atoms. The molecular weight excluding hydrogens is 560 g/mol. The summed E-state index contributed by atoms with van der Waals surface area (Å²) >= 11 is 0. The number of aromatic nitrogens is 1. The van der Waals surface area contributed by atoms with Crippen LogP contribution in [0.3, 0.4) is 0 Å². The Hall–Kier alpha value is -6.19. The fraction of sp³-hybridized carbons (Fsp3) is 0. The first-order chi connectivity index (χ1) is 22.8. The predicted molar refractivity (Wildman–Crippen MR) is 192 cm³/mol. The molecule has 0 aliphatic rings. The molecule has 0 aliphatic carbocycles. The molecule has 0 saturated heterocycles. The van der Waals surface area contributed by atoms with E-state index in [1.165, 1.54) is 38.4 Å². The summed E-state index contributed by atoms with van der Waals surface area (Å²) in [5, 5.41) is 6.92. The molecule has 0 unspecified atom stereocenters. The minimum absolute atomic E-state index is 0.793. The lowest BCUT2D eigenvalue weighted by Crippen LogP contribution is -2.11. The number of hydrogen-bond donors (Lipinski definition) is 0. The van der Waals surface area contributed by atoms with Crippen LogP contribution in [-0.4, -0.2) is 4.98 Å². The Morgan fingerprint density at radius 2 is 1.00 bits per heavy atom. The van der Waals surface area contributed by atoms with Gasteiger partial charge in [0.05, 0.1) is 0 Å². The van der Waals surface area contributed by atoms with Crippen LogP contribution in [0.2, 0.25) is 0 Å². The second-order valence-corrected chi connectivity index (χ2v) is 11.7. The molecule has 3 heteroatoms. The van der Waals surface area contributed by atoms with Gasteiger partial charge in [-0.2, -0.15) is 0 Å². The van der Waals surface area contributed by atoms with Gasteiger partial charge in [-0.15, -0.1) is 0 Å². The molecule has 3 nitrogen and oxygen atoms in total. The van der Waals surface area contributed by atoms with Crippen LogP contribution in [0.15, 0.2) is 174 Å². The van der Waals surface area contributed by atoms with Crippen molar-refractivity contribution in [1.29, 1.82) is 0 Å². The van der Waals surface area contributed by atoms with Crippen LogP contribution in [0.5, 0.6) is 0 Å². The van der Waals surface area contributed by atoms with Crippen molar-refractivity contribution in [2.75, 3.05) is 4.90 Å². The largest absolute Gasteiger partial charge is 0.456 e. The summed E-state index contributed by atoms with van der Waals surface area (Å²) in [6.45, 7) is 0. The molecule has 216 valence electrons. The molecule has 0 fully saturated rings. The zero-order valence-corrected chi connectivity index (χ0v) is 25.0. The minimum Gasteiger partial charge on any atom is -0.456 e. The van der Waals surface area contributed by atoms with Crippen LogP contribution in [0.4, 0.5) is 17.2 Å². The average molecular weight is 589 g/mol. The highest BCUT2D eigenvalue weighted by atomic mass is 16.3. The molecule has 2 heterocycles. The highest BCUT2D eigenvalue weighted by Crippen LogP contribution is 2.39. The lowest BCUT2D eigenvalue weighted by Gasteiger charge is -2.25. The van der Waals surface area contributed by atoms with Crippen molar-refractivity contribution < 1.29 is 4.42 Å². The standard InChI is InChI=1S/C43H28N2O/c1-2-9-29(10-3-1)30-17-21-35(22-18-30)45(36-23-19-32(20-24-36)38-16-8-14-31-11-6-7-15-37(31)38)43-27-42-40(28-44-43)39-25-33-12-4-5-13-34(33)26-41(39)46-42/h1-28H. The van der Waals surface area contributed by atoms with Crippen molar-refractivity contribution in [3.63, 3.8) is 0 Å². The molecule has 2 aromatic heterocycles. The summed E-state index contributed by atoms with van der Waals surface area (Å²) < 4.78 is 6.45. The normalized spacial score (nSPS) is 11.5. The highest BCUT2D eigenvalue weighted by molar-refractivity contribution is 6.10. The first-order valence-electron chi connectivity index (χ1n) is 15.5. The molecule has 9 aromatic rings. The van der Waals surface area contributed by atoms with E-state index in [-0.39, 0.29) is 0 Å². The van der Waals surface area contributed by atoms with Gasteiger partial charge in [0.2, 0.25) is 0 Å². The Morgan fingerprint density at radius 1 is 0.413 bits per heavy atom. The van der Waals surface area contributed by atoms with Gasteiger partial charge in [-0.05, 0) is 80.2 Å². The van der Waals surface area contributed by atoms with Crippen LogP contribution >= 0.6 is 0 Å². The molecule has 0 bridgehead atoms. The van der Waals surface area contributed by atoms with Gasteiger partial charge in [0.1, 0.15) is 17.0 Å². The van der Waals surface area contributed by atoms with E-state index in [0.717, 1.165) is 44.5 Å². The summed E-state index contributed by atoms with van der Waals surface area (Å²) in [5.74, 6) is 0.793. The third-order valence-corrected chi connectivity index (χ3v) is 8.90. The summed E-state index contributed by atoms with van der Waals surface area (Å²) in [5.41, 5.74) is 8.47. The number of anilines is 3. The summed E-state index contributed by atoms with van der Waals surface area (Å²) in [4.78, 5) is 7.23. The third-order valence-electron chi connectivity index (χ3n) is 8.90. The zero-order chi connectivity index (χ0) is 30.5. The number of nitrogens with zero attached hydrogens (tertiary/aromatic N) is 2. The van der Waals surface area contributed by atoms with Crippen molar-refractivity contribution in [3.8, 4) is 22.3 Å². The Kier molecular flexibility index (Phi) is 6.14. The molecule has 0 saturated carbocycles. The van der Waals surface area contributed by atoms with Crippen molar-refractivity contribution in [2.24, 2.45) is 0 Å². The fourth-order valence-corrected chi connectivity index (χ4v) is 6.58. The number of fused-ring (bicyclic) bond motifs is 5. The Bertz CT molecular complexity index is 2510. The van der Waals surface area contributed by atoms with Crippen molar-refractivity contribution >= 4 is 60.7 Å². The van der Waals surface area contributed by atoms with E-state index in [2.05, 4.69) is 163 Å². The molecule has 0 atom stereocenters. The maximum absolute atomic E-state index is 6.45. The van der Waals surface area contributed by atoms with E-state index in [1.807, 2.05) is 12.3 Å². The van der Waals surface area contributed by atoms with E-state index in [9.17, 15) is 0 Å². The van der Waals surface area contributed by atoms with Gasteiger partial charge in [-0.25, -0.2) is 4.98 Å². The lowest BCUT2D eigenvalue weighted by molar-refractivity contribution is 0.669. The van der Waals surface area contributed by atoms with Crippen LogP contribution in [0.25, 0.3) is 65.7 Å². The van der Waals surface area contributed by atoms with Gasteiger partial charge < -0.3 is 4.42 Å².